The molecule has 0 aromatic heterocycles. The van der Waals surface area contributed by atoms with E-state index in [1.54, 1.807) is 4.90 Å². The van der Waals surface area contributed by atoms with Gasteiger partial charge in [0.1, 0.15) is 11.6 Å². The number of aryl methyl sites for hydroxylation is 2. The zero-order chi connectivity index (χ0) is 19.8. The van der Waals surface area contributed by atoms with Gasteiger partial charge in [0.25, 0.3) is 5.91 Å². The predicted molar refractivity (Wildman–Crippen MR) is 110 cm³/mol. The molecule has 2 aromatic carbocycles. The lowest BCUT2D eigenvalue weighted by atomic mass is 10.1. The smallest absolute Gasteiger partial charge is 0.266 e. The fourth-order valence-corrected chi connectivity index (χ4v) is 2.94. The summed E-state index contributed by atoms with van der Waals surface area (Å²) in [5.41, 5.74) is 4.34. The first-order valence-electron chi connectivity index (χ1n) is 9.28. The molecule has 1 amide bonds. The molecule has 1 N–H and O–H groups in total. The van der Waals surface area contributed by atoms with Crippen LogP contribution in [0.2, 0.25) is 0 Å². The molecule has 4 nitrogen and oxygen atoms in total. The minimum atomic E-state index is -0.268. The number of para-hydroxylation sites is 1. The number of hydrogen-bond acceptors (Lipinski definition) is 3. The molecule has 0 radical (unpaired) electrons. The van der Waals surface area contributed by atoms with Crippen molar-refractivity contribution in [1.82, 2.24) is 4.90 Å². The zero-order valence-corrected chi connectivity index (χ0v) is 16.5. The van der Waals surface area contributed by atoms with E-state index in [2.05, 4.69) is 18.3 Å². The van der Waals surface area contributed by atoms with Crippen molar-refractivity contribution in [1.29, 1.82) is 5.26 Å². The predicted octanol–water partition coefficient (Wildman–Crippen LogP) is 4.81. The van der Waals surface area contributed by atoms with Crippen molar-refractivity contribution in [2.75, 3.05) is 5.32 Å². The van der Waals surface area contributed by atoms with Crippen LogP contribution in [0.25, 0.3) is 0 Å². The molecular formula is C23H27N3O. The number of hydrogen-bond donors (Lipinski definition) is 1. The Kier molecular flexibility index (Phi) is 7.19. The second-order valence-corrected chi connectivity index (χ2v) is 6.79. The highest BCUT2D eigenvalue weighted by Crippen LogP contribution is 2.21. The van der Waals surface area contributed by atoms with Gasteiger partial charge in [0.2, 0.25) is 0 Å². The number of rotatable bonds is 7. The lowest BCUT2D eigenvalue weighted by Crippen LogP contribution is -2.37. The van der Waals surface area contributed by atoms with Crippen LogP contribution in [-0.4, -0.2) is 16.8 Å². The molecule has 27 heavy (non-hydrogen) atoms. The van der Waals surface area contributed by atoms with Crippen LogP contribution in [0.3, 0.4) is 0 Å². The van der Waals surface area contributed by atoms with Crippen molar-refractivity contribution in [2.45, 2.75) is 46.7 Å². The number of amides is 1. The van der Waals surface area contributed by atoms with Gasteiger partial charge >= 0.3 is 0 Å². The molecule has 0 unspecified atom stereocenters. The molecule has 0 saturated carbocycles. The molecule has 0 fully saturated rings. The first kappa shape index (κ1) is 20.3. The molecule has 0 heterocycles. The van der Waals surface area contributed by atoms with Crippen LogP contribution in [0.15, 0.2) is 60.3 Å². The van der Waals surface area contributed by atoms with E-state index in [0.717, 1.165) is 28.8 Å². The Labute approximate surface area is 162 Å². The van der Waals surface area contributed by atoms with Gasteiger partial charge in [-0.05, 0) is 43.9 Å². The summed E-state index contributed by atoms with van der Waals surface area (Å²) in [5.74, 6) is -0.268. The molecule has 0 aliphatic rings. The SMILES string of the molecule is CCc1cccc(C)c1N/C=C(/C#N)C(=O)N(Cc1ccccc1)C(C)C. The van der Waals surface area contributed by atoms with E-state index < -0.39 is 0 Å². The highest BCUT2D eigenvalue weighted by atomic mass is 16.2. The van der Waals surface area contributed by atoms with Gasteiger partial charge in [0.05, 0.1) is 0 Å². The van der Waals surface area contributed by atoms with E-state index in [1.807, 2.05) is 69.3 Å². The highest BCUT2D eigenvalue weighted by molar-refractivity contribution is 5.97. The number of nitrogens with one attached hydrogen (secondary N) is 1. The largest absolute Gasteiger partial charge is 0.360 e. The Balaban J connectivity index is 2.25. The van der Waals surface area contributed by atoms with Gasteiger partial charge in [-0.1, -0.05) is 55.5 Å². The molecule has 2 aromatic rings. The van der Waals surface area contributed by atoms with Gasteiger partial charge in [-0.2, -0.15) is 5.26 Å². The molecule has 140 valence electrons. The zero-order valence-electron chi connectivity index (χ0n) is 16.5. The summed E-state index contributed by atoms with van der Waals surface area (Å²) >= 11 is 0. The first-order chi connectivity index (χ1) is 13.0. The number of anilines is 1. The molecule has 0 spiro atoms. The van der Waals surface area contributed by atoms with Crippen molar-refractivity contribution in [2.24, 2.45) is 0 Å². The van der Waals surface area contributed by atoms with E-state index in [0.29, 0.717) is 6.54 Å². The molecule has 0 saturated heterocycles. The van der Waals surface area contributed by atoms with E-state index in [9.17, 15) is 10.1 Å². The number of carbonyl (C=O) groups is 1. The summed E-state index contributed by atoms with van der Waals surface area (Å²) in [6, 6.07) is 17.9. The summed E-state index contributed by atoms with van der Waals surface area (Å²) in [7, 11) is 0. The van der Waals surface area contributed by atoms with Crippen molar-refractivity contribution in [3.8, 4) is 6.07 Å². The molecular weight excluding hydrogens is 334 g/mol. The van der Waals surface area contributed by atoms with Crippen molar-refractivity contribution in [3.63, 3.8) is 0 Å². The Morgan fingerprint density at radius 3 is 2.48 bits per heavy atom. The minimum absolute atomic E-state index is 0.0147. The third kappa shape index (κ3) is 5.21. The third-order valence-electron chi connectivity index (χ3n) is 4.53. The highest BCUT2D eigenvalue weighted by Gasteiger charge is 2.21. The Morgan fingerprint density at radius 2 is 1.89 bits per heavy atom. The minimum Gasteiger partial charge on any atom is -0.360 e. The molecule has 0 aliphatic heterocycles. The van der Waals surface area contributed by atoms with E-state index in [1.165, 1.54) is 6.20 Å². The third-order valence-corrected chi connectivity index (χ3v) is 4.53. The van der Waals surface area contributed by atoms with E-state index in [-0.39, 0.29) is 17.5 Å². The average Bonchev–Trinajstić information content (AvgIpc) is 2.67. The van der Waals surface area contributed by atoms with E-state index in [4.69, 9.17) is 0 Å². The topological polar surface area (TPSA) is 56.1 Å². The van der Waals surface area contributed by atoms with Crippen LogP contribution in [0.1, 0.15) is 37.5 Å². The average molecular weight is 361 g/mol. The maximum atomic E-state index is 13.0. The van der Waals surface area contributed by atoms with Gasteiger partial charge in [-0.3, -0.25) is 4.79 Å². The number of nitrogens with zero attached hydrogens (tertiary/aromatic N) is 2. The summed E-state index contributed by atoms with van der Waals surface area (Å²) in [6.07, 6.45) is 2.41. The monoisotopic (exact) mass is 361 g/mol. The van der Waals surface area contributed by atoms with Crippen LogP contribution < -0.4 is 5.32 Å². The fourth-order valence-electron chi connectivity index (χ4n) is 2.94. The maximum absolute atomic E-state index is 13.0. The molecule has 4 heteroatoms. The van der Waals surface area contributed by atoms with Gasteiger partial charge in [-0.25, -0.2) is 0 Å². The molecule has 0 aliphatic carbocycles. The van der Waals surface area contributed by atoms with E-state index >= 15 is 0 Å². The fraction of sp³-hybridized carbons (Fsp3) is 0.304. The van der Waals surface area contributed by atoms with Crippen molar-refractivity contribution >= 4 is 11.6 Å². The lowest BCUT2D eigenvalue weighted by molar-refractivity contribution is -0.129. The van der Waals surface area contributed by atoms with Crippen LogP contribution in [0, 0.1) is 18.3 Å². The van der Waals surface area contributed by atoms with Crippen LogP contribution in [0.5, 0.6) is 0 Å². The number of benzene rings is 2. The standard InChI is InChI=1S/C23H27N3O/c1-5-20-13-9-10-18(4)22(20)25-15-21(14-24)23(27)26(17(2)3)16-19-11-7-6-8-12-19/h6-13,15,17,25H,5,16H2,1-4H3/b21-15-. The van der Waals surface area contributed by atoms with Gasteiger partial charge < -0.3 is 10.2 Å². The summed E-state index contributed by atoms with van der Waals surface area (Å²) in [6.45, 7) is 8.49. The van der Waals surface area contributed by atoms with Gasteiger partial charge in [0.15, 0.2) is 0 Å². The van der Waals surface area contributed by atoms with Crippen LogP contribution in [-0.2, 0) is 17.8 Å². The van der Waals surface area contributed by atoms with Crippen LogP contribution >= 0.6 is 0 Å². The summed E-state index contributed by atoms with van der Waals surface area (Å²) in [4.78, 5) is 14.7. The Bertz CT molecular complexity index is 848. The van der Waals surface area contributed by atoms with Crippen molar-refractivity contribution in [3.05, 3.63) is 77.0 Å². The normalized spacial score (nSPS) is 11.2. The Morgan fingerprint density at radius 1 is 1.19 bits per heavy atom. The quantitative estimate of drug-likeness (QED) is 0.568. The second kappa shape index (κ2) is 9.59. The molecule has 0 atom stereocenters. The van der Waals surface area contributed by atoms with Gasteiger partial charge in [-0.15, -0.1) is 0 Å². The second-order valence-electron chi connectivity index (χ2n) is 6.79. The van der Waals surface area contributed by atoms with Crippen molar-refractivity contribution < 1.29 is 4.79 Å². The first-order valence-corrected chi connectivity index (χ1v) is 9.28. The number of carbonyl (C=O) groups excluding carboxylic acids is 1. The van der Waals surface area contributed by atoms with Gasteiger partial charge in [0, 0.05) is 24.5 Å². The lowest BCUT2D eigenvalue weighted by Gasteiger charge is -2.26. The molecule has 0 bridgehead atoms. The Hall–Kier alpha value is -3.06. The van der Waals surface area contributed by atoms with Crippen LogP contribution in [0.4, 0.5) is 5.69 Å². The summed E-state index contributed by atoms with van der Waals surface area (Å²) in [5, 5.41) is 12.8. The molecule has 2 rings (SSSR count). The maximum Gasteiger partial charge on any atom is 0.266 e. The summed E-state index contributed by atoms with van der Waals surface area (Å²) < 4.78 is 0. The number of nitriles is 1.